The summed E-state index contributed by atoms with van der Waals surface area (Å²) < 4.78 is 3.35. The van der Waals surface area contributed by atoms with E-state index < -0.39 is 0 Å². The molecule has 0 aliphatic carbocycles. The molecule has 0 bridgehead atoms. The molecule has 0 amide bonds. The van der Waals surface area contributed by atoms with Crippen LogP contribution in [0.2, 0.25) is 0 Å². The van der Waals surface area contributed by atoms with Crippen molar-refractivity contribution < 1.29 is 0 Å². The highest BCUT2D eigenvalue weighted by atomic mass is 79.9. The fourth-order valence-electron chi connectivity index (χ4n) is 2.02. The van der Waals surface area contributed by atoms with Crippen LogP contribution in [0.25, 0.3) is 10.9 Å². The minimum atomic E-state index is 0.596. The van der Waals surface area contributed by atoms with Crippen LogP contribution in [0, 0.1) is 13.8 Å². The third kappa shape index (κ3) is 1.50. The lowest BCUT2D eigenvalue weighted by Crippen LogP contribution is -1.98. The Labute approximate surface area is 98.2 Å². The van der Waals surface area contributed by atoms with Crippen LogP contribution in [0.4, 0.5) is 0 Å². The van der Waals surface area contributed by atoms with Gasteiger partial charge in [-0.3, -0.25) is 0 Å². The van der Waals surface area contributed by atoms with E-state index in [4.69, 9.17) is 5.73 Å². The number of halogens is 1. The predicted octanol–water partition coefficient (Wildman–Crippen LogP) is 3.02. The lowest BCUT2D eigenvalue weighted by Gasteiger charge is -2.01. The van der Waals surface area contributed by atoms with Crippen molar-refractivity contribution >= 4 is 26.8 Å². The molecule has 0 atom stereocenters. The summed E-state index contributed by atoms with van der Waals surface area (Å²) in [5, 5.41) is 1.26. The lowest BCUT2D eigenvalue weighted by molar-refractivity contribution is 0.894. The Kier molecular flexibility index (Phi) is 2.61. The van der Waals surface area contributed by atoms with Gasteiger partial charge in [-0.05, 0) is 37.1 Å². The average molecular weight is 267 g/mol. The Morgan fingerprint density at radius 3 is 2.60 bits per heavy atom. The maximum atomic E-state index is 5.79. The summed E-state index contributed by atoms with van der Waals surface area (Å²) in [7, 11) is 2.09. The average Bonchev–Trinajstić information content (AvgIpc) is 2.42. The van der Waals surface area contributed by atoms with Gasteiger partial charge in [-0.2, -0.15) is 0 Å². The summed E-state index contributed by atoms with van der Waals surface area (Å²) in [6.45, 7) is 4.82. The fraction of sp³-hybridized carbons (Fsp3) is 0.333. The van der Waals surface area contributed by atoms with Crippen LogP contribution in [0.15, 0.2) is 16.6 Å². The van der Waals surface area contributed by atoms with Crippen LogP contribution in [-0.2, 0) is 13.6 Å². The first kappa shape index (κ1) is 10.7. The molecule has 0 unspecified atom stereocenters. The number of nitrogens with zero attached hydrogens (tertiary/aromatic N) is 1. The molecule has 0 fully saturated rings. The van der Waals surface area contributed by atoms with Gasteiger partial charge >= 0.3 is 0 Å². The molecule has 1 aromatic heterocycles. The zero-order chi connectivity index (χ0) is 11.2. The van der Waals surface area contributed by atoms with Crippen molar-refractivity contribution in [3.63, 3.8) is 0 Å². The molecule has 1 heterocycles. The first-order chi connectivity index (χ1) is 7.06. The largest absolute Gasteiger partial charge is 0.348 e. The number of hydrogen-bond acceptors (Lipinski definition) is 1. The maximum Gasteiger partial charge on any atom is 0.0486 e. The molecule has 0 spiro atoms. The van der Waals surface area contributed by atoms with Gasteiger partial charge in [0.05, 0.1) is 0 Å². The van der Waals surface area contributed by atoms with Crippen LogP contribution in [-0.4, -0.2) is 4.57 Å². The molecule has 0 aliphatic heterocycles. The van der Waals surface area contributed by atoms with Crippen LogP contribution in [0.5, 0.6) is 0 Å². The molecule has 2 nitrogen and oxygen atoms in total. The van der Waals surface area contributed by atoms with E-state index in [2.05, 4.69) is 53.5 Å². The zero-order valence-corrected chi connectivity index (χ0v) is 10.9. The lowest BCUT2D eigenvalue weighted by atomic mass is 10.1. The van der Waals surface area contributed by atoms with Crippen molar-refractivity contribution in [2.45, 2.75) is 20.4 Å². The molecule has 1 aromatic carbocycles. The summed E-state index contributed by atoms with van der Waals surface area (Å²) in [6.07, 6.45) is 0. The molecule has 0 saturated carbocycles. The highest BCUT2D eigenvalue weighted by Gasteiger charge is 2.11. The van der Waals surface area contributed by atoms with Gasteiger partial charge in [-0.15, -0.1) is 0 Å². The Morgan fingerprint density at radius 2 is 2.00 bits per heavy atom. The number of benzene rings is 1. The summed E-state index contributed by atoms with van der Waals surface area (Å²) in [4.78, 5) is 0. The quantitative estimate of drug-likeness (QED) is 0.846. The van der Waals surface area contributed by atoms with E-state index in [0.717, 1.165) is 4.47 Å². The van der Waals surface area contributed by atoms with Crippen molar-refractivity contribution in [3.8, 4) is 0 Å². The second-order valence-corrected chi connectivity index (χ2v) is 4.80. The Morgan fingerprint density at radius 1 is 1.33 bits per heavy atom. The minimum absolute atomic E-state index is 0.596. The van der Waals surface area contributed by atoms with Gasteiger partial charge < -0.3 is 10.3 Å². The molecule has 15 heavy (non-hydrogen) atoms. The minimum Gasteiger partial charge on any atom is -0.348 e. The topological polar surface area (TPSA) is 30.9 Å². The summed E-state index contributed by atoms with van der Waals surface area (Å²) in [5.74, 6) is 0. The maximum absolute atomic E-state index is 5.79. The molecular formula is C12H15BrN2. The number of rotatable bonds is 1. The molecule has 80 valence electrons. The van der Waals surface area contributed by atoms with Gasteiger partial charge in [0.1, 0.15) is 0 Å². The fourth-order valence-corrected chi connectivity index (χ4v) is 2.36. The van der Waals surface area contributed by atoms with Gasteiger partial charge in [0.25, 0.3) is 0 Å². The smallest absolute Gasteiger partial charge is 0.0486 e. The van der Waals surface area contributed by atoms with Crippen LogP contribution in [0.1, 0.15) is 16.8 Å². The summed E-state index contributed by atoms with van der Waals surface area (Å²) >= 11 is 3.56. The second-order valence-electron chi connectivity index (χ2n) is 3.95. The van der Waals surface area contributed by atoms with Crippen molar-refractivity contribution in [1.29, 1.82) is 0 Å². The summed E-state index contributed by atoms with van der Waals surface area (Å²) in [5.41, 5.74) is 10.8. The van der Waals surface area contributed by atoms with E-state index in [1.54, 1.807) is 0 Å². The van der Waals surface area contributed by atoms with Crippen LogP contribution >= 0.6 is 15.9 Å². The third-order valence-electron chi connectivity index (χ3n) is 3.11. The number of aryl methyl sites for hydroxylation is 2. The van der Waals surface area contributed by atoms with Gasteiger partial charge in [-0.25, -0.2) is 0 Å². The molecule has 2 aromatic rings. The monoisotopic (exact) mass is 266 g/mol. The molecule has 2 rings (SSSR count). The number of nitrogens with two attached hydrogens (primary N) is 1. The van der Waals surface area contributed by atoms with Crippen molar-refractivity contribution in [1.82, 2.24) is 4.57 Å². The first-order valence-electron chi connectivity index (χ1n) is 5.00. The van der Waals surface area contributed by atoms with Crippen molar-refractivity contribution in [3.05, 3.63) is 33.4 Å². The van der Waals surface area contributed by atoms with E-state index in [0.29, 0.717) is 6.54 Å². The van der Waals surface area contributed by atoms with Gasteiger partial charge in [0, 0.05) is 34.7 Å². The van der Waals surface area contributed by atoms with E-state index in [-0.39, 0.29) is 0 Å². The van der Waals surface area contributed by atoms with Crippen LogP contribution in [0.3, 0.4) is 0 Å². The molecule has 2 N–H and O–H groups in total. The normalized spacial score (nSPS) is 11.3. The molecule has 0 saturated heterocycles. The SMILES string of the molecule is Cc1cc2c(cc1Br)c(CN)c(C)n2C. The molecule has 3 heteroatoms. The standard InChI is InChI=1S/C12H15BrN2/c1-7-4-12-9(5-11(7)13)10(6-14)8(2)15(12)3/h4-5H,6,14H2,1-3H3. The highest BCUT2D eigenvalue weighted by Crippen LogP contribution is 2.29. The van der Waals surface area contributed by atoms with Crippen LogP contribution < -0.4 is 5.73 Å². The molecular weight excluding hydrogens is 252 g/mol. The Bertz CT molecular complexity index is 526. The zero-order valence-electron chi connectivity index (χ0n) is 9.26. The third-order valence-corrected chi connectivity index (χ3v) is 3.96. The number of aromatic nitrogens is 1. The molecule has 0 radical (unpaired) electrons. The number of hydrogen-bond donors (Lipinski definition) is 1. The van der Waals surface area contributed by atoms with E-state index in [1.807, 2.05) is 0 Å². The summed E-state index contributed by atoms with van der Waals surface area (Å²) in [6, 6.07) is 4.37. The van der Waals surface area contributed by atoms with Crippen molar-refractivity contribution in [2.24, 2.45) is 12.8 Å². The van der Waals surface area contributed by atoms with Crippen molar-refractivity contribution in [2.75, 3.05) is 0 Å². The van der Waals surface area contributed by atoms with Gasteiger partial charge in [0.15, 0.2) is 0 Å². The number of fused-ring (bicyclic) bond motifs is 1. The van der Waals surface area contributed by atoms with Gasteiger partial charge in [-0.1, -0.05) is 15.9 Å². The highest BCUT2D eigenvalue weighted by molar-refractivity contribution is 9.10. The van der Waals surface area contributed by atoms with E-state index >= 15 is 0 Å². The molecule has 0 aliphatic rings. The Balaban J connectivity index is 2.91. The second kappa shape index (κ2) is 3.65. The Hall–Kier alpha value is -0.800. The van der Waals surface area contributed by atoms with E-state index in [9.17, 15) is 0 Å². The first-order valence-corrected chi connectivity index (χ1v) is 5.79. The predicted molar refractivity (Wildman–Crippen MR) is 68.0 cm³/mol. The van der Waals surface area contributed by atoms with E-state index in [1.165, 1.54) is 27.7 Å². The van der Waals surface area contributed by atoms with Gasteiger partial charge in [0.2, 0.25) is 0 Å².